The minimum Gasteiger partial charge on any atom is -0.397 e. The maximum atomic E-state index is 12.4. The Kier molecular flexibility index (Phi) is 6.07. The van der Waals surface area contributed by atoms with Crippen molar-refractivity contribution < 1.29 is 9.53 Å². The van der Waals surface area contributed by atoms with Crippen LogP contribution in [0.3, 0.4) is 0 Å². The van der Waals surface area contributed by atoms with Crippen LogP contribution < -0.4 is 11.1 Å². The van der Waals surface area contributed by atoms with Crippen molar-refractivity contribution in [2.24, 2.45) is 5.92 Å². The highest BCUT2D eigenvalue weighted by atomic mass is 16.5. The SMILES string of the molecule is CCOCC(NC(=O)c1cc(N)cn1C(C)C)C(C)C. The van der Waals surface area contributed by atoms with Gasteiger partial charge in [0, 0.05) is 18.8 Å². The van der Waals surface area contributed by atoms with Crippen LogP contribution in [0.15, 0.2) is 12.3 Å². The van der Waals surface area contributed by atoms with E-state index in [1.54, 1.807) is 12.3 Å². The Labute approximate surface area is 121 Å². The van der Waals surface area contributed by atoms with Crippen LogP contribution in [0, 0.1) is 5.92 Å². The van der Waals surface area contributed by atoms with Crippen LogP contribution in [-0.4, -0.2) is 29.7 Å². The van der Waals surface area contributed by atoms with Crippen LogP contribution >= 0.6 is 0 Å². The summed E-state index contributed by atoms with van der Waals surface area (Å²) in [4.78, 5) is 12.4. The standard InChI is InChI=1S/C15H27N3O2/c1-6-20-9-13(10(2)3)17-15(19)14-7-12(16)8-18(14)11(4)5/h7-8,10-11,13H,6,9,16H2,1-5H3,(H,17,19). The van der Waals surface area contributed by atoms with Crippen molar-refractivity contribution in [3.63, 3.8) is 0 Å². The molecule has 5 heteroatoms. The lowest BCUT2D eigenvalue weighted by atomic mass is 10.1. The first-order valence-corrected chi connectivity index (χ1v) is 7.22. The normalized spacial score (nSPS) is 12.9. The number of amides is 1. The van der Waals surface area contributed by atoms with Gasteiger partial charge in [0.15, 0.2) is 0 Å². The number of nitrogens with one attached hydrogen (secondary N) is 1. The summed E-state index contributed by atoms with van der Waals surface area (Å²) in [6.07, 6.45) is 1.80. The molecule has 0 aliphatic carbocycles. The van der Waals surface area contributed by atoms with Crippen molar-refractivity contribution in [1.29, 1.82) is 0 Å². The molecular formula is C15H27N3O2. The fourth-order valence-corrected chi connectivity index (χ4v) is 2.00. The van der Waals surface area contributed by atoms with Crippen molar-refractivity contribution in [2.75, 3.05) is 18.9 Å². The van der Waals surface area contributed by atoms with E-state index < -0.39 is 0 Å². The summed E-state index contributed by atoms with van der Waals surface area (Å²) in [5.74, 6) is 0.208. The van der Waals surface area contributed by atoms with E-state index in [0.29, 0.717) is 30.5 Å². The molecule has 0 aliphatic rings. The number of nitrogen functional groups attached to an aromatic ring is 1. The van der Waals surface area contributed by atoms with Gasteiger partial charge < -0.3 is 20.4 Å². The van der Waals surface area contributed by atoms with Gasteiger partial charge in [0.05, 0.1) is 18.3 Å². The number of ether oxygens (including phenoxy) is 1. The third-order valence-electron chi connectivity index (χ3n) is 3.28. The van der Waals surface area contributed by atoms with Gasteiger partial charge in [0.2, 0.25) is 0 Å². The summed E-state index contributed by atoms with van der Waals surface area (Å²) in [6.45, 7) is 11.3. The zero-order valence-corrected chi connectivity index (χ0v) is 13.1. The van der Waals surface area contributed by atoms with Crippen molar-refractivity contribution >= 4 is 11.6 Å². The Morgan fingerprint density at radius 3 is 2.55 bits per heavy atom. The highest BCUT2D eigenvalue weighted by Crippen LogP contribution is 2.17. The number of aromatic nitrogens is 1. The van der Waals surface area contributed by atoms with E-state index in [0.717, 1.165) is 0 Å². The lowest BCUT2D eigenvalue weighted by molar-refractivity contribution is 0.0797. The zero-order valence-electron chi connectivity index (χ0n) is 13.1. The minimum absolute atomic E-state index is 0.000753. The molecule has 0 aliphatic heterocycles. The molecule has 1 aromatic rings. The fourth-order valence-electron chi connectivity index (χ4n) is 2.00. The van der Waals surface area contributed by atoms with Gasteiger partial charge in [-0.2, -0.15) is 0 Å². The molecule has 1 rings (SSSR count). The van der Waals surface area contributed by atoms with Gasteiger partial charge in [-0.3, -0.25) is 4.79 Å². The number of carbonyl (C=O) groups excluding carboxylic acids is 1. The number of hydrogen-bond acceptors (Lipinski definition) is 3. The summed E-state index contributed by atoms with van der Waals surface area (Å²) < 4.78 is 7.32. The van der Waals surface area contributed by atoms with Gasteiger partial charge in [0.1, 0.15) is 5.69 Å². The minimum atomic E-state index is -0.103. The summed E-state index contributed by atoms with van der Waals surface area (Å²) in [7, 11) is 0. The van der Waals surface area contributed by atoms with E-state index in [2.05, 4.69) is 19.2 Å². The van der Waals surface area contributed by atoms with Crippen molar-refractivity contribution in [3.8, 4) is 0 Å². The number of nitrogens with two attached hydrogens (primary N) is 1. The monoisotopic (exact) mass is 281 g/mol. The number of rotatable bonds is 7. The highest BCUT2D eigenvalue weighted by Gasteiger charge is 2.20. The molecule has 0 bridgehead atoms. The lowest BCUT2D eigenvalue weighted by Gasteiger charge is -2.23. The van der Waals surface area contributed by atoms with Crippen LogP contribution in [0.25, 0.3) is 0 Å². The van der Waals surface area contributed by atoms with Crippen molar-refractivity contribution in [1.82, 2.24) is 9.88 Å². The summed E-state index contributed by atoms with van der Waals surface area (Å²) in [6, 6.07) is 1.91. The van der Waals surface area contributed by atoms with Gasteiger partial charge in [-0.15, -0.1) is 0 Å². The summed E-state index contributed by atoms with van der Waals surface area (Å²) in [5, 5.41) is 3.04. The van der Waals surface area contributed by atoms with E-state index in [1.807, 2.05) is 25.3 Å². The Morgan fingerprint density at radius 1 is 1.40 bits per heavy atom. The highest BCUT2D eigenvalue weighted by molar-refractivity contribution is 5.94. The number of carbonyl (C=O) groups is 1. The molecule has 0 radical (unpaired) electrons. The molecule has 1 atom stereocenters. The average molecular weight is 281 g/mol. The second-order valence-electron chi connectivity index (χ2n) is 5.64. The van der Waals surface area contributed by atoms with E-state index in [9.17, 15) is 4.79 Å². The molecule has 114 valence electrons. The molecule has 0 saturated heterocycles. The Bertz CT molecular complexity index is 438. The Hall–Kier alpha value is -1.49. The molecule has 1 heterocycles. The fraction of sp³-hybridized carbons (Fsp3) is 0.667. The molecule has 20 heavy (non-hydrogen) atoms. The predicted molar refractivity (Wildman–Crippen MR) is 81.8 cm³/mol. The maximum absolute atomic E-state index is 12.4. The van der Waals surface area contributed by atoms with Crippen LogP contribution in [0.5, 0.6) is 0 Å². The molecule has 1 aromatic heterocycles. The molecule has 0 fully saturated rings. The number of nitrogens with zero attached hydrogens (tertiary/aromatic N) is 1. The zero-order chi connectivity index (χ0) is 15.3. The van der Waals surface area contributed by atoms with Gasteiger partial charge in [0.25, 0.3) is 5.91 Å². The van der Waals surface area contributed by atoms with Crippen LogP contribution in [0.1, 0.15) is 51.1 Å². The average Bonchev–Trinajstić information content (AvgIpc) is 2.76. The lowest BCUT2D eigenvalue weighted by Crippen LogP contribution is -2.42. The molecule has 1 amide bonds. The third-order valence-corrected chi connectivity index (χ3v) is 3.28. The van der Waals surface area contributed by atoms with E-state index in [1.165, 1.54) is 0 Å². The number of hydrogen-bond donors (Lipinski definition) is 2. The van der Waals surface area contributed by atoms with Crippen molar-refractivity contribution in [3.05, 3.63) is 18.0 Å². The quantitative estimate of drug-likeness (QED) is 0.806. The molecule has 0 aromatic carbocycles. The molecule has 0 saturated carbocycles. The first kappa shape index (κ1) is 16.6. The number of anilines is 1. The van der Waals surface area contributed by atoms with Gasteiger partial charge >= 0.3 is 0 Å². The second-order valence-corrected chi connectivity index (χ2v) is 5.64. The van der Waals surface area contributed by atoms with Gasteiger partial charge in [-0.1, -0.05) is 13.8 Å². The van der Waals surface area contributed by atoms with E-state index in [-0.39, 0.29) is 18.0 Å². The maximum Gasteiger partial charge on any atom is 0.268 e. The van der Waals surface area contributed by atoms with E-state index in [4.69, 9.17) is 10.5 Å². The van der Waals surface area contributed by atoms with Crippen molar-refractivity contribution in [2.45, 2.75) is 46.7 Å². The molecule has 0 spiro atoms. The first-order valence-electron chi connectivity index (χ1n) is 7.22. The second kappa shape index (κ2) is 7.33. The largest absolute Gasteiger partial charge is 0.397 e. The molecule has 1 unspecified atom stereocenters. The molecule has 3 N–H and O–H groups in total. The van der Waals surface area contributed by atoms with Crippen LogP contribution in [0.4, 0.5) is 5.69 Å². The van der Waals surface area contributed by atoms with E-state index >= 15 is 0 Å². The molecule has 5 nitrogen and oxygen atoms in total. The van der Waals surface area contributed by atoms with Gasteiger partial charge in [-0.25, -0.2) is 0 Å². The first-order chi connectivity index (χ1) is 9.36. The topological polar surface area (TPSA) is 69.3 Å². The third kappa shape index (κ3) is 4.27. The summed E-state index contributed by atoms with van der Waals surface area (Å²) >= 11 is 0. The van der Waals surface area contributed by atoms with Crippen LogP contribution in [0.2, 0.25) is 0 Å². The Balaban J connectivity index is 2.83. The van der Waals surface area contributed by atoms with Crippen LogP contribution in [-0.2, 0) is 4.74 Å². The smallest absolute Gasteiger partial charge is 0.268 e. The predicted octanol–water partition coefficient (Wildman–Crippen LogP) is 2.44. The Morgan fingerprint density at radius 2 is 2.05 bits per heavy atom. The van der Waals surface area contributed by atoms with Gasteiger partial charge in [-0.05, 0) is 32.8 Å². The molecular weight excluding hydrogens is 254 g/mol. The summed E-state index contributed by atoms with van der Waals surface area (Å²) in [5.41, 5.74) is 7.00.